The zero-order valence-electron chi connectivity index (χ0n) is 20.4. The van der Waals surface area contributed by atoms with Gasteiger partial charge in [-0.3, -0.25) is 9.59 Å². The molecule has 1 amide bonds. The van der Waals surface area contributed by atoms with Crippen molar-refractivity contribution in [1.82, 2.24) is 5.32 Å². The molecule has 8 heteroatoms. The third kappa shape index (κ3) is 4.08. The predicted octanol–water partition coefficient (Wildman–Crippen LogP) is 4.03. The summed E-state index contributed by atoms with van der Waals surface area (Å²) in [5.74, 6) is 0.117. The van der Waals surface area contributed by atoms with Gasteiger partial charge in [0.2, 0.25) is 5.91 Å². The van der Waals surface area contributed by atoms with Gasteiger partial charge in [-0.2, -0.15) is 0 Å². The Morgan fingerprint density at radius 2 is 1.72 bits per heavy atom. The number of anilines is 3. The Balaban J connectivity index is 1.71. The van der Waals surface area contributed by atoms with Gasteiger partial charge in [0, 0.05) is 36.9 Å². The van der Waals surface area contributed by atoms with Gasteiger partial charge in [-0.15, -0.1) is 0 Å². The lowest BCUT2D eigenvalue weighted by Crippen LogP contribution is -2.55. The van der Waals surface area contributed by atoms with Crippen molar-refractivity contribution in [2.24, 2.45) is 0 Å². The summed E-state index contributed by atoms with van der Waals surface area (Å²) in [6, 6.07) is 18.1. The lowest BCUT2D eigenvalue weighted by Gasteiger charge is -2.42. The summed E-state index contributed by atoms with van der Waals surface area (Å²) in [6.07, 6.45) is 0. The monoisotopic (exact) mass is 504 g/mol. The van der Waals surface area contributed by atoms with Gasteiger partial charge in [-0.1, -0.05) is 35.9 Å². The van der Waals surface area contributed by atoms with Crippen LogP contribution in [0.1, 0.15) is 28.4 Å². The molecule has 186 valence electrons. The Morgan fingerprint density at radius 3 is 2.39 bits per heavy atom. The number of fused-ring (bicyclic) bond motifs is 1. The largest absolute Gasteiger partial charge is 0.497 e. The number of nitrogens with zero attached hydrogens (tertiary/aromatic N) is 2. The zero-order chi connectivity index (χ0) is 25.4. The minimum absolute atomic E-state index is 0.235. The Bertz CT molecular complexity index is 1320. The van der Waals surface area contributed by atoms with Crippen LogP contribution < -0.4 is 25.6 Å². The molecule has 2 aliphatic heterocycles. The van der Waals surface area contributed by atoms with Crippen molar-refractivity contribution in [2.75, 3.05) is 48.8 Å². The average Bonchev–Trinajstić information content (AvgIpc) is 2.90. The number of ketones is 1. The number of methoxy groups -OCH3 is 1. The van der Waals surface area contributed by atoms with E-state index in [1.165, 1.54) is 0 Å². The number of nitrogen functional groups attached to an aromatic ring is 1. The van der Waals surface area contributed by atoms with Crippen LogP contribution >= 0.6 is 11.6 Å². The van der Waals surface area contributed by atoms with Crippen molar-refractivity contribution < 1.29 is 14.3 Å². The maximum atomic E-state index is 14.3. The number of carbonyl (C=O) groups is 2. The Labute approximate surface area is 215 Å². The number of nitrogens with one attached hydrogen (secondary N) is 1. The molecule has 7 nitrogen and oxygen atoms in total. The summed E-state index contributed by atoms with van der Waals surface area (Å²) < 4.78 is 5.30. The van der Waals surface area contributed by atoms with Gasteiger partial charge >= 0.3 is 0 Å². The van der Waals surface area contributed by atoms with E-state index in [0.717, 1.165) is 37.4 Å². The van der Waals surface area contributed by atoms with E-state index >= 15 is 0 Å². The van der Waals surface area contributed by atoms with Gasteiger partial charge in [0.05, 0.1) is 30.6 Å². The van der Waals surface area contributed by atoms with Crippen molar-refractivity contribution in [3.05, 3.63) is 82.4 Å². The number of benzene rings is 3. The molecule has 2 aliphatic rings. The number of halogens is 1. The van der Waals surface area contributed by atoms with Crippen molar-refractivity contribution >= 4 is 40.4 Å². The second-order valence-electron chi connectivity index (χ2n) is 9.38. The molecule has 36 heavy (non-hydrogen) atoms. The van der Waals surface area contributed by atoms with E-state index in [1.807, 2.05) is 24.3 Å². The number of amides is 1. The van der Waals surface area contributed by atoms with Crippen LogP contribution in [0.25, 0.3) is 0 Å². The summed E-state index contributed by atoms with van der Waals surface area (Å²) >= 11 is 6.59. The van der Waals surface area contributed by atoms with Gasteiger partial charge in [0.1, 0.15) is 11.2 Å². The summed E-state index contributed by atoms with van der Waals surface area (Å²) in [5, 5.41) is 3.83. The standard InChI is InChI=1S/C28H29ClN4O3/c1-28(19-6-8-22(36-2)9-7-19)26(34)25-23(32-12-10-31-11-13-32)15-20(29)16-24(25)33(27(28)35)17-18-4-3-5-21(30)14-18/h3-9,14-16,31H,10-13,17,30H2,1-2H3. The predicted molar refractivity (Wildman–Crippen MR) is 143 cm³/mol. The fourth-order valence-corrected chi connectivity index (χ4v) is 5.32. The Kier molecular flexibility index (Phi) is 6.36. The number of nitrogens with two attached hydrogens (primary N) is 1. The molecular formula is C28H29ClN4O3. The summed E-state index contributed by atoms with van der Waals surface area (Å²) in [6.45, 7) is 5.06. The number of hydrogen-bond acceptors (Lipinski definition) is 6. The first kappa shape index (κ1) is 24.2. The molecule has 1 saturated heterocycles. The molecule has 3 N–H and O–H groups in total. The molecule has 5 rings (SSSR count). The third-order valence-corrected chi connectivity index (χ3v) is 7.34. The SMILES string of the molecule is COc1ccc(C2(C)C(=O)c3c(N4CCNCC4)cc(Cl)cc3N(Cc3cccc(N)c3)C2=O)cc1. The highest BCUT2D eigenvalue weighted by molar-refractivity contribution is 6.34. The number of piperazine rings is 1. The quantitative estimate of drug-likeness (QED) is 0.403. The van der Waals surface area contributed by atoms with Crippen LogP contribution in [0.3, 0.4) is 0 Å². The van der Waals surface area contributed by atoms with E-state index in [4.69, 9.17) is 22.1 Å². The molecular weight excluding hydrogens is 476 g/mol. The highest BCUT2D eigenvalue weighted by Gasteiger charge is 2.52. The molecule has 3 aromatic rings. The highest BCUT2D eigenvalue weighted by Crippen LogP contribution is 2.46. The number of Topliss-reactive ketones (excluding diaryl/α,β-unsaturated/α-hetero) is 1. The molecule has 1 unspecified atom stereocenters. The van der Waals surface area contributed by atoms with E-state index in [0.29, 0.717) is 33.3 Å². The zero-order valence-corrected chi connectivity index (χ0v) is 21.1. The van der Waals surface area contributed by atoms with Crippen LogP contribution in [0.15, 0.2) is 60.7 Å². The van der Waals surface area contributed by atoms with E-state index in [1.54, 1.807) is 55.3 Å². The van der Waals surface area contributed by atoms with Gasteiger partial charge in [-0.05, 0) is 54.4 Å². The number of hydrogen-bond donors (Lipinski definition) is 2. The molecule has 0 spiro atoms. The van der Waals surface area contributed by atoms with Gasteiger partial charge < -0.3 is 25.6 Å². The van der Waals surface area contributed by atoms with E-state index in [-0.39, 0.29) is 18.2 Å². The fraction of sp³-hybridized carbons (Fsp3) is 0.286. The molecule has 0 radical (unpaired) electrons. The molecule has 2 heterocycles. The average molecular weight is 505 g/mol. The van der Waals surface area contributed by atoms with Crippen molar-refractivity contribution in [1.29, 1.82) is 0 Å². The van der Waals surface area contributed by atoms with Crippen LogP contribution in [0.4, 0.5) is 17.1 Å². The first-order valence-corrected chi connectivity index (χ1v) is 12.4. The number of rotatable bonds is 5. The smallest absolute Gasteiger partial charge is 0.245 e. The van der Waals surface area contributed by atoms with Crippen LogP contribution in [0, 0.1) is 0 Å². The minimum atomic E-state index is -1.42. The lowest BCUT2D eigenvalue weighted by molar-refractivity contribution is -0.122. The Hall–Kier alpha value is -3.55. The van der Waals surface area contributed by atoms with Gasteiger partial charge in [-0.25, -0.2) is 0 Å². The molecule has 1 fully saturated rings. The normalized spacial score (nSPS) is 19.9. The minimum Gasteiger partial charge on any atom is -0.497 e. The first-order valence-electron chi connectivity index (χ1n) is 12.0. The topological polar surface area (TPSA) is 87.9 Å². The lowest BCUT2D eigenvalue weighted by atomic mass is 9.71. The molecule has 0 aromatic heterocycles. The maximum Gasteiger partial charge on any atom is 0.245 e. The van der Waals surface area contributed by atoms with E-state index in [9.17, 15) is 9.59 Å². The van der Waals surface area contributed by atoms with Crippen LogP contribution in [0.2, 0.25) is 5.02 Å². The van der Waals surface area contributed by atoms with Crippen molar-refractivity contribution in [3.63, 3.8) is 0 Å². The number of carbonyl (C=O) groups excluding carboxylic acids is 2. The molecule has 0 aliphatic carbocycles. The summed E-state index contributed by atoms with van der Waals surface area (Å²) in [7, 11) is 1.58. The molecule has 1 atom stereocenters. The van der Waals surface area contributed by atoms with Crippen LogP contribution in [-0.4, -0.2) is 45.0 Å². The fourth-order valence-electron chi connectivity index (χ4n) is 5.12. The second kappa shape index (κ2) is 9.48. The van der Waals surface area contributed by atoms with E-state index in [2.05, 4.69) is 10.2 Å². The first-order chi connectivity index (χ1) is 17.3. The Morgan fingerprint density at radius 1 is 1.03 bits per heavy atom. The molecule has 0 saturated carbocycles. The summed E-state index contributed by atoms with van der Waals surface area (Å²) in [5.41, 5.74) is 8.50. The van der Waals surface area contributed by atoms with Crippen LogP contribution in [0.5, 0.6) is 5.75 Å². The third-order valence-electron chi connectivity index (χ3n) is 7.12. The van der Waals surface area contributed by atoms with E-state index < -0.39 is 5.41 Å². The second-order valence-corrected chi connectivity index (χ2v) is 9.81. The van der Waals surface area contributed by atoms with Crippen molar-refractivity contribution in [2.45, 2.75) is 18.9 Å². The highest BCUT2D eigenvalue weighted by atomic mass is 35.5. The number of ether oxygens (including phenoxy) is 1. The molecule has 0 bridgehead atoms. The van der Waals surface area contributed by atoms with Gasteiger partial charge in [0.25, 0.3) is 0 Å². The van der Waals surface area contributed by atoms with Crippen LogP contribution in [-0.2, 0) is 16.8 Å². The maximum absolute atomic E-state index is 14.3. The van der Waals surface area contributed by atoms with Gasteiger partial charge in [0.15, 0.2) is 5.78 Å². The molecule has 3 aromatic carbocycles. The summed E-state index contributed by atoms with van der Waals surface area (Å²) in [4.78, 5) is 32.4. The van der Waals surface area contributed by atoms with Crippen molar-refractivity contribution in [3.8, 4) is 5.75 Å².